The van der Waals surface area contributed by atoms with E-state index in [0.29, 0.717) is 6.61 Å². The van der Waals surface area contributed by atoms with Gasteiger partial charge in [0.05, 0.1) is 6.61 Å². The minimum atomic E-state index is -0.124. The minimum absolute atomic E-state index is 0.124. The summed E-state index contributed by atoms with van der Waals surface area (Å²) >= 11 is 0. The fraction of sp³-hybridized carbons (Fsp3) is 1.00. The van der Waals surface area contributed by atoms with E-state index in [1.807, 2.05) is 6.92 Å². The van der Waals surface area contributed by atoms with Gasteiger partial charge >= 0.3 is 0 Å². The standard InChI is InChI=1S/C13H29NO/c1-4-6-7-8-9-10-11-13(3,14)12-15-5-2/h4-12,14H2,1-3H3. The van der Waals surface area contributed by atoms with E-state index in [0.717, 1.165) is 13.0 Å². The van der Waals surface area contributed by atoms with Gasteiger partial charge in [-0.25, -0.2) is 0 Å². The van der Waals surface area contributed by atoms with Gasteiger partial charge in [0.25, 0.3) is 0 Å². The van der Waals surface area contributed by atoms with Gasteiger partial charge in [0.2, 0.25) is 0 Å². The van der Waals surface area contributed by atoms with Crippen LogP contribution in [0.2, 0.25) is 0 Å². The van der Waals surface area contributed by atoms with Crippen LogP contribution in [0.3, 0.4) is 0 Å². The van der Waals surface area contributed by atoms with E-state index in [1.54, 1.807) is 0 Å². The molecular weight excluding hydrogens is 186 g/mol. The highest BCUT2D eigenvalue weighted by molar-refractivity contribution is 4.77. The maximum absolute atomic E-state index is 6.12. The van der Waals surface area contributed by atoms with Gasteiger partial charge in [-0.1, -0.05) is 45.4 Å². The summed E-state index contributed by atoms with van der Waals surface area (Å²) in [5, 5.41) is 0. The van der Waals surface area contributed by atoms with Crippen LogP contribution in [0.5, 0.6) is 0 Å². The highest BCUT2D eigenvalue weighted by Gasteiger charge is 2.17. The second kappa shape index (κ2) is 9.17. The summed E-state index contributed by atoms with van der Waals surface area (Å²) in [5.41, 5.74) is 5.99. The monoisotopic (exact) mass is 215 g/mol. The molecule has 92 valence electrons. The van der Waals surface area contributed by atoms with Gasteiger partial charge in [0, 0.05) is 12.1 Å². The molecule has 0 heterocycles. The molecule has 0 aromatic heterocycles. The van der Waals surface area contributed by atoms with Crippen molar-refractivity contribution in [2.75, 3.05) is 13.2 Å². The summed E-state index contributed by atoms with van der Waals surface area (Å²) in [6.45, 7) is 7.82. The number of nitrogens with two attached hydrogens (primary N) is 1. The SMILES string of the molecule is CCCCCCCCC(C)(N)COCC. The molecule has 0 fully saturated rings. The molecule has 0 saturated carbocycles. The minimum Gasteiger partial charge on any atom is -0.380 e. The highest BCUT2D eigenvalue weighted by atomic mass is 16.5. The molecule has 2 N–H and O–H groups in total. The molecule has 2 nitrogen and oxygen atoms in total. The van der Waals surface area contributed by atoms with Gasteiger partial charge in [0.15, 0.2) is 0 Å². The van der Waals surface area contributed by atoms with Gasteiger partial charge in [-0.2, -0.15) is 0 Å². The lowest BCUT2D eigenvalue weighted by Gasteiger charge is -2.24. The van der Waals surface area contributed by atoms with E-state index in [9.17, 15) is 0 Å². The Bertz CT molecular complexity index is 134. The van der Waals surface area contributed by atoms with Crippen molar-refractivity contribution in [3.8, 4) is 0 Å². The van der Waals surface area contributed by atoms with Crippen molar-refractivity contribution in [3.63, 3.8) is 0 Å². The molecule has 0 spiro atoms. The highest BCUT2D eigenvalue weighted by Crippen LogP contribution is 2.14. The molecule has 0 amide bonds. The zero-order valence-electron chi connectivity index (χ0n) is 10.8. The van der Waals surface area contributed by atoms with E-state index < -0.39 is 0 Å². The van der Waals surface area contributed by atoms with Crippen LogP contribution in [0.15, 0.2) is 0 Å². The number of hydrogen-bond acceptors (Lipinski definition) is 2. The predicted molar refractivity (Wildman–Crippen MR) is 67.1 cm³/mol. The van der Waals surface area contributed by atoms with Gasteiger partial charge in [-0.05, 0) is 20.3 Å². The molecule has 1 atom stereocenters. The van der Waals surface area contributed by atoms with Gasteiger partial charge in [0.1, 0.15) is 0 Å². The normalized spacial score (nSPS) is 15.2. The summed E-state index contributed by atoms with van der Waals surface area (Å²) < 4.78 is 5.37. The molecule has 0 aromatic carbocycles. The van der Waals surface area contributed by atoms with Crippen LogP contribution in [0, 0.1) is 0 Å². The van der Waals surface area contributed by atoms with Gasteiger partial charge in [-0.15, -0.1) is 0 Å². The first-order chi connectivity index (χ1) is 7.12. The fourth-order valence-electron chi connectivity index (χ4n) is 1.72. The third kappa shape index (κ3) is 10.2. The second-order valence-electron chi connectivity index (χ2n) is 4.81. The van der Waals surface area contributed by atoms with Crippen molar-refractivity contribution in [2.45, 2.75) is 71.3 Å². The molecule has 0 radical (unpaired) electrons. The van der Waals surface area contributed by atoms with E-state index >= 15 is 0 Å². The van der Waals surface area contributed by atoms with Crippen molar-refractivity contribution in [1.82, 2.24) is 0 Å². The van der Waals surface area contributed by atoms with E-state index in [4.69, 9.17) is 10.5 Å². The zero-order chi connectivity index (χ0) is 11.6. The average molecular weight is 215 g/mol. The number of hydrogen-bond donors (Lipinski definition) is 1. The van der Waals surface area contributed by atoms with Crippen LogP contribution in [0.25, 0.3) is 0 Å². The lowest BCUT2D eigenvalue weighted by atomic mass is 9.96. The molecule has 0 saturated heterocycles. The summed E-state index contributed by atoms with van der Waals surface area (Å²) in [6.07, 6.45) is 9.07. The van der Waals surface area contributed by atoms with Crippen molar-refractivity contribution in [3.05, 3.63) is 0 Å². The van der Waals surface area contributed by atoms with Crippen LogP contribution in [-0.2, 0) is 4.74 Å². The molecule has 0 aromatic rings. The lowest BCUT2D eigenvalue weighted by Crippen LogP contribution is -2.41. The Balaban J connectivity index is 3.32. The smallest absolute Gasteiger partial charge is 0.0643 e. The number of ether oxygens (including phenoxy) is 1. The largest absolute Gasteiger partial charge is 0.380 e. The van der Waals surface area contributed by atoms with Gasteiger partial charge < -0.3 is 10.5 Å². The fourth-order valence-corrected chi connectivity index (χ4v) is 1.72. The quantitative estimate of drug-likeness (QED) is 0.566. The zero-order valence-corrected chi connectivity index (χ0v) is 10.8. The number of unbranched alkanes of at least 4 members (excludes halogenated alkanes) is 5. The van der Waals surface area contributed by atoms with Crippen LogP contribution in [0.1, 0.15) is 65.7 Å². The molecular formula is C13H29NO. The first kappa shape index (κ1) is 14.9. The Morgan fingerprint density at radius 1 is 1.00 bits per heavy atom. The van der Waals surface area contributed by atoms with Crippen molar-refractivity contribution in [2.24, 2.45) is 5.73 Å². The second-order valence-corrected chi connectivity index (χ2v) is 4.81. The van der Waals surface area contributed by atoms with Crippen LogP contribution < -0.4 is 5.73 Å². The maximum atomic E-state index is 6.12. The Morgan fingerprint density at radius 2 is 1.60 bits per heavy atom. The predicted octanol–water partition coefficient (Wildman–Crippen LogP) is 3.49. The third-order valence-corrected chi connectivity index (χ3v) is 2.74. The maximum Gasteiger partial charge on any atom is 0.0643 e. The van der Waals surface area contributed by atoms with E-state index in [-0.39, 0.29) is 5.54 Å². The summed E-state index contributed by atoms with van der Waals surface area (Å²) in [5.74, 6) is 0. The third-order valence-electron chi connectivity index (χ3n) is 2.74. The van der Waals surface area contributed by atoms with Crippen LogP contribution >= 0.6 is 0 Å². The van der Waals surface area contributed by atoms with Crippen molar-refractivity contribution >= 4 is 0 Å². The van der Waals surface area contributed by atoms with Gasteiger partial charge in [-0.3, -0.25) is 0 Å². The average Bonchev–Trinajstić information content (AvgIpc) is 2.20. The molecule has 1 unspecified atom stereocenters. The Kier molecular flexibility index (Phi) is 9.12. The molecule has 0 bridgehead atoms. The molecule has 0 aliphatic carbocycles. The summed E-state index contributed by atoms with van der Waals surface area (Å²) in [6, 6.07) is 0. The lowest BCUT2D eigenvalue weighted by molar-refractivity contribution is 0.0964. The Labute approximate surface area is 95.6 Å². The molecule has 0 rings (SSSR count). The molecule has 0 aliphatic rings. The van der Waals surface area contributed by atoms with Crippen LogP contribution in [-0.4, -0.2) is 18.8 Å². The van der Waals surface area contributed by atoms with Crippen molar-refractivity contribution in [1.29, 1.82) is 0 Å². The van der Waals surface area contributed by atoms with Crippen molar-refractivity contribution < 1.29 is 4.74 Å². The molecule has 2 heteroatoms. The first-order valence-electron chi connectivity index (χ1n) is 6.49. The first-order valence-corrected chi connectivity index (χ1v) is 6.49. The van der Waals surface area contributed by atoms with E-state index in [2.05, 4.69) is 13.8 Å². The summed E-state index contributed by atoms with van der Waals surface area (Å²) in [4.78, 5) is 0. The Hall–Kier alpha value is -0.0800. The topological polar surface area (TPSA) is 35.2 Å². The Morgan fingerprint density at radius 3 is 2.20 bits per heavy atom. The molecule has 15 heavy (non-hydrogen) atoms. The van der Waals surface area contributed by atoms with E-state index in [1.165, 1.54) is 38.5 Å². The number of rotatable bonds is 10. The molecule has 0 aliphatic heterocycles. The van der Waals surface area contributed by atoms with Crippen LogP contribution in [0.4, 0.5) is 0 Å². The summed E-state index contributed by atoms with van der Waals surface area (Å²) in [7, 11) is 0.